The molecule has 3 heterocycles. The molecule has 2 aromatic carbocycles. The Kier molecular flexibility index (Phi) is 8.09. The van der Waals surface area contributed by atoms with E-state index in [-0.39, 0.29) is 22.6 Å². The van der Waals surface area contributed by atoms with Crippen LogP contribution >= 0.6 is 11.3 Å². The maximum Gasteiger partial charge on any atom is 0.258 e. The number of likely N-dealkylation sites (tertiary alicyclic amines) is 1. The summed E-state index contributed by atoms with van der Waals surface area (Å²) < 4.78 is 6.00. The maximum absolute atomic E-state index is 13.4. The second-order valence-corrected chi connectivity index (χ2v) is 11.8. The maximum atomic E-state index is 13.4. The van der Waals surface area contributed by atoms with Crippen LogP contribution in [0.15, 0.2) is 42.5 Å². The van der Waals surface area contributed by atoms with Gasteiger partial charge in [0.15, 0.2) is 0 Å². The Labute approximate surface area is 233 Å². The number of aromatic hydroxyl groups is 2. The first kappa shape index (κ1) is 27.0. The summed E-state index contributed by atoms with van der Waals surface area (Å²) >= 11 is 1.60. The van der Waals surface area contributed by atoms with Gasteiger partial charge in [0.05, 0.1) is 17.7 Å². The van der Waals surface area contributed by atoms with Gasteiger partial charge >= 0.3 is 0 Å². The van der Waals surface area contributed by atoms with Crippen LogP contribution in [0.5, 0.6) is 17.2 Å². The van der Waals surface area contributed by atoms with Gasteiger partial charge in [0.25, 0.3) is 11.8 Å². The molecule has 3 aromatic rings. The lowest BCUT2D eigenvalue weighted by molar-refractivity contribution is 0.0748. The number of ether oxygens (including phenoxy) is 1. The molecule has 0 radical (unpaired) electrons. The number of piperidine rings is 1. The highest BCUT2D eigenvalue weighted by Gasteiger charge is 2.29. The van der Waals surface area contributed by atoms with Gasteiger partial charge < -0.3 is 24.7 Å². The van der Waals surface area contributed by atoms with E-state index in [9.17, 15) is 19.8 Å². The average Bonchev–Trinajstić information content (AvgIpc) is 3.54. The van der Waals surface area contributed by atoms with Gasteiger partial charge in [-0.1, -0.05) is 12.5 Å². The molecule has 2 N–H and O–H groups in total. The summed E-state index contributed by atoms with van der Waals surface area (Å²) in [6, 6.07) is 12.2. The van der Waals surface area contributed by atoms with E-state index < -0.39 is 11.8 Å². The first-order valence-electron chi connectivity index (χ1n) is 13.4. The molecular weight excluding hydrogens is 514 g/mol. The summed E-state index contributed by atoms with van der Waals surface area (Å²) in [6.07, 6.45) is 3.81. The van der Waals surface area contributed by atoms with Gasteiger partial charge in [-0.25, -0.2) is 0 Å². The normalized spacial score (nSPS) is 15.3. The third-order valence-electron chi connectivity index (χ3n) is 7.42. The van der Waals surface area contributed by atoms with Crippen LogP contribution in [0.1, 0.15) is 60.9 Å². The Morgan fingerprint density at radius 1 is 0.949 bits per heavy atom. The minimum absolute atomic E-state index is 0.0117. The highest BCUT2D eigenvalue weighted by molar-refractivity contribution is 7.11. The van der Waals surface area contributed by atoms with Gasteiger partial charge in [-0.2, -0.15) is 0 Å². The van der Waals surface area contributed by atoms with E-state index in [0.29, 0.717) is 26.2 Å². The van der Waals surface area contributed by atoms with Crippen molar-refractivity contribution in [2.24, 2.45) is 0 Å². The smallest absolute Gasteiger partial charge is 0.258 e. The molecule has 1 saturated heterocycles. The molecule has 9 heteroatoms. The summed E-state index contributed by atoms with van der Waals surface area (Å²) in [4.78, 5) is 34.3. The van der Waals surface area contributed by atoms with Crippen molar-refractivity contribution < 1.29 is 24.5 Å². The standard InChI is InChI=1S/C30H35N3O5S/c1-20-6-9-24(39-20)19-31(2)29(36)25-15-26(28(35)16-27(25)34)30(37)33-17-21-7-8-23(14-22(21)18-33)38-13-12-32-10-4-3-5-11-32/h6-9,14-16,34-35H,3-5,10-13,17-19H2,1-2H3. The quantitative estimate of drug-likeness (QED) is 0.421. The largest absolute Gasteiger partial charge is 0.507 e. The third-order valence-corrected chi connectivity index (χ3v) is 8.41. The fourth-order valence-electron chi connectivity index (χ4n) is 5.25. The predicted octanol–water partition coefficient (Wildman–Crippen LogP) is 4.76. The number of hydrogen-bond acceptors (Lipinski definition) is 7. The summed E-state index contributed by atoms with van der Waals surface area (Å²) in [5.41, 5.74) is 1.99. The van der Waals surface area contributed by atoms with Crippen LogP contribution < -0.4 is 4.74 Å². The zero-order valence-corrected chi connectivity index (χ0v) is 23.3. The summed E-state index contributed by atoms with van der Waals surface area (Å²) in [6.45, 7) is 6.94. The van der Waals surface area contributed by atoms with E-state index in [0.717, 1.165) is 52.3 Å². The first-order chi connectivity index (χ1) is 18.8. The summed E-state index contributed by atoms with van der Waals surface area (Å²) in [7, 11) is 1.65. The molecule has 0 unspecified atom stereocenters. The highest BCUT2D eigenvalue weighted by atomic mass is 32.1. The van der Waals surface area contributed by atoms with E-state index in [1.165, 1.54) is 30.2 Å². The summed E-state index contributed by atoms with van der Waals surface area (Å²) in [5, 5.41) is 20.9. The highest BCUT2D eigenvalue weighted by Crippen LogP contribution is 2.33. The van der Waals surface area contributed by atoms with Gasteiger partial charge in [-0.3, -0.25) is 14.5 Å². The lowest BCUT2D eigenvalue weighted by Crippen LogP contribution is -2.33. The molecule has 5 rings (SSSR count). The van der Waals surface area contributed by atoms with Crippen molar-refractivity contribution in [1.29, 1.82) is 0 Å². The minimum Gasteiger partial charge on any atom is -0.507 e. The second-order valence-electron chi connectivity index (χ2n) is 10.4. The molecule has 39 heavy (non-hydrogen) atoms. The molecule has 0 saturated carbocycles. The van der Waals surface area contributed by atoms with Gasteiger partial charge in [-0.05, 0) is 74.3 Å². The van der Waals surface area contributed by atoms with E-state index in [1.807, 2.05) is 37.3 Å². The van der Waals surface area contributed by atoms with Gasteiger partial charge in [0.2, 0.25) is 0 Å². The lowest BCUT2D eigenvalue weighted by Gasteiger charge is -2.26. The Balaban J connectivity index is 1.24. The zero-order chi connectivity index (χ0) is 27.5. The minimum atomic E-state index is -0.427. The molecule has 1 fully saturated rings. The first-order valence-corrected chi connectivity index (χ1v) is 14.2. The van der Waals surface area contributed by atoms with Crippen molar-refractivity contribution >= 4 is 23.2 Å². The molecule has 0 aliphatic carbocycles. The van der Waals surface area contributed by atoms with Crippen LogP contribution in [0.25, 0.3) is 0 Å². The number of phenols is 2. The van der Waals surface area contributed by atoms with Crippen molar-refractivity contribution in [1.82, 2.24) is 14.7 Å². The second kappa shape index (κ2) is 11.7. The SMILES string of the molecule is Cc1ccc(CN(C)C(=O)c2cc(C(=O)N3Cc4ccc(OCCN5CCCCC5)cc4C3)c(O)cc2O)s1. The Bertz CT molecular complexity index is 1360. The zero-order valence-electron chi connectivity index (χ0n) is 22.5. The van der Waals surface area contributed by atoms with E-state index in [4.69, 9.17) is 4.74 Å². The lowest BCUT2D eigenvalue weighted by atomic mass is 10.1. The molecule has 0 bridgehead atoms. The van der Waals surface area contributed by atoms with Crippen LogP contribution in [-0.4, -0.2) is 70.0 Å². The molecule has 2 aliphatic heterocycles. The number of carbonyl (C=O) groups excluding carboxylic acids is 2. The molecule has 2 amide bonds. The Morgan fingerprint density at radius 3 is 2.44 bits per heavy atom. The van der Waals surface area contributed by atoms with Crippen molar-refractivity contribution in [3.05, 3.63) is 74.5 Å². The molecule has 2 aliphatic rings. The van der Waals surface area contributed by atoms with Crippen molar-refractivity contribution in [2.45, 2.75) is 45.8 Å². The van der Waals surface area contributed by atoms with Gasteiger partial charge in [-0.15, -0.1) is 11.3 Å². The molecule has 206 valence electrons. The molecule has 0 spiro atoms. The molecule has 8 nitrogen and oxygen atoms in total. The monoisotopic (exact) mass is 549 g/mol. The van der Waals surface area contributed by atoms with Crippen molar-refractivity contribution in [3.63, 3.8) is 0 Å². The summed E-state index contributed by atoms with van der Waals surface area (Å²) in [5.74, 6) is -0.766. The predicted molar refractivity (Wildman–Crippen MR) is 150 cm³/mol. The molecule has 0 atom stereocenters. The third kappa shape index (κ3) is 6.20. The number of hydrogen-bond donors (Lipinski definition) is 2. The Hall–Kier alpha value is -3.56. The average molecular weight is 550 g/mol. The van der Waals surface area contributed by atoms with Crippen LogP contribution in [0.3, 0.4) is 0 Å². The number of aryl methyl sites for hydroxylation is 1. The fourth-order valence-corrected chi connectivity index (χ4v) is 6.20. The molecule has 1 aromatic heterocycles. The van der Waals surface area contributed by atoms with Gasteiger partial charge in [0, 0.05) is 42.5 Å². The Morgan fingerprint density at radius 2 is 1.69 bits per heavy atom. The number of fused-ring (bicyclic) bond motifs is 1. The van der Waals surface area contributed by atoms with E-state index >= 15 is 0 Å². The van der Waals surface area contributed by atoms with E-state index in [1.54, 1.807) is 23.3 Å². The number of phenolic OH excluding ortho intramolecular Hbond substituents is 2. The van der Waals surface area contributed by atoms with Crippen LogP contribution in [0.2, 0.25) is 0 Å². The van der Waals surface area contributed by atoms with E-state index in [2.05, 4.69) is 4.90 Å². The number of benzene rings is 2. The topological polar surface area (TPSA) is 93.6 Å². The number of amides is 2. The van der Waals surface area contributed by atoms with Crippen molar-refractivity contribution in [2.75, 3.05) is 33.3 Å². The molecular formula is C30H35N3O5S. The van der Waals surface area contributed by atoms with Crippen molar-refractivity contribution in [3.8, 4) is 17.2 Å². The van der Waals surface area contributed by atoms with Crippen LogP contribution in [0.4, 0.5) is 0 Å². The van der Waals surface area contributed by atoms with Crippen LogP contribution in [-0.2, 0) is 19.6 Å². The van der Waals surface area contributed by atoms with Crippen LogP contribution in [0, 0.1) is 6.92 Å². The fraction of sp³-hybridized carbons (Fsp3) is 0.400. The number of thiophene rings is 1. The van der Waals surface area contributed by atoms with Gasteiger partial charge in [0.1, 0.15) is 23.9 Å². The number of rotatable bonds is 8. The number of nitrogens with zero attached hydrogens (tertiary/aromatic N) is 3. The number of carbonyl (C=O) groups is 2.